The zero-order valence-corrected chi connectivity index (χ0v) is 13.6. The predicted octanol–water partition coefficient (Wildman–Crippen LogP) is 2.00. The molecule has 0 atom stereocenters. The first-order chi connectivity index (χ1) is 8.27. The van der Waals surface area contributed by atoms with Crippen LogP contribution in [0.25, 0.3) is 0 Å². The van der Waals surface area contributed by atoms with Crippen LogP contribution in [-0.2, 0) is 0 Å². The van der Waals surface area contributed by atoms with E-state index in [0.29, 0.717) is 11.1 Å². The van der Waals surface area contributed by atoms with Crippen molar-refractivity contribution in [2.45, 2.75) is 0 Å². The molecule has 2 aromatic carbocycles. The molecule has 0 aromatic heterocycles. The monoisotopic (exact) mass is 433 g/mol. The Hall–Kier alpha value is -1.43. The van der Waals surface area contributed by atoms with Crippen LogP contribution in [0, 0.1) is 6.42 Å². The minimum atomic E-state index is 0. The fraction of sp³-hybridized carbons (Fsp3) is 0. The molecule has 2 nitrogen and oxygen atoms in total. The van der Waals surface area contributed by atoms with Crippen molar-refractivity contribution in [1.29, 1.82) is 0 Å². The van der Waals surface area contributed by atoms with Crippen LogP contribution in [0.1, 0.15) is 11.1 Å². The Kier molecular flexibility index (Phi) is 5.78. The number of hydrogen-bond acceptors (Lipinski definition) is 0. The van der Waals surface area contributed by atoms with Gasteiger partial charge in [0, 0.05) is 33.7 Å². The Morgan fingerprint density at radius 2 is 1.00 bits per heavy atom. The molecule has 0 saturated heterocycles. The van der Waals surface area contributed by atoms with Gasteiger partial charge >= 0.3 is 0 Å². The first-order valence-electron chi connectivity index (χ1n) is 5.35. The van der Waals surface area contributed by atoms with E-state index in [0.717, 1.165) is 0 Å². The standard InChI is InChI=1S/C15H11O2.Pb/c16-14(12-7-3-1-4-8-12)11-15(17)13-9-5-2-6-10-13;/h1-11H;/q-1;/p+2. The number of benzene rings is 2. The van der Waals surface area contributed by atoms with Crippen molar-refractivity contribution in [3.8, 4) is 0 Å². The molecule has 2 aromatic rings. The predicted molar refractivity (Wildman–Crippen MR) is 75.0 cm³/mol. The molecule has 0 aliphatic carbocycles. The zero-order chi connectivity index (χ0) is 12.1. The van der Waals surface area contributed by atoms with Crippen LogP contribution in [0.4, 0.5) is 0 Å². The number of rotatable bonds is 4. The molecule has 88 valence electrons. The van der Waals surface area contributed by atoms with E-state index in [1.54, 1.807) is 24.3 Å². The van der Waals surface area contributed by atoms with Crippen LogP contribution >= 0.6 is 0 Å². The molecule has 0 saturated carbocycles. The van der Waals surface area contributed by atoms with E-state index in [2.05, 4.69) is 0 Å². The maximum atomic E-state index is 9.83. The van der Waals surface area contributed by atoms with Gasteiger partial charge in [-0.1, -0.05) is 36.4 Å². The van der Waals surface area contributed by atoms with Gasteiger partial charge in [-0.15, -0.1) is 24.3 Å². The second-order valence-corrected chi connectivity index (χ2v) is 3.65. The summed E-state index contributed by atoms with van der Waals surface area (Å²) in [5.41, 5.74) is 1.35. The first kappa shape index (κ1) is 14.6. The van der Waals surface area contributed by atoms with Gasteiger partial charge in [0.15, 0.2) is 0 Å². The van der Waals surface area contributed by atoms with Crippen LogP contribution in [0.5, 0.6) is 0 Å². The number of carbonyl (C=O) groups excluding carboxylic acids is 2. The normalized spacial score (nSPS) is 9.11. The summed E-state index contributed by atoms with van der Waals surface area (Å²) < 4.78 is 0. The fourth-order valence-corrected chi connectivity index (χ4v) is 1.51. The molecule has 0 aliphatic heterocycles. The van der Waals surface area contributed by atoms with Gasteiger partial charge < -0.3 is 9.59 Å². The summed E-state index contributed by atoms with van der Waals surface area (Å²) in [6.07, 6.45) is 1.35. The Morgan fingerprint density at radius 1 is 0.667 bits per heavy atom. The second-order valence-electron chi connectivity index (χ2n) is 3.65. The maximum Gasteiger partial charge on any atom is 0.255 e. The van der Waals surface area contributed by atoms with Crippen molar-refractivity contribution in [3.63, 3.8) is 0 Å². The van der Waals surface area contributed by atoms with Crippen LogP contribution in [0.15, 0.2) is 60.7 Å². The van der Waals surface area contributed by atoms with Gasteiger partial charge in [0.25, 0.3) is 11.6 Å². The van der Waals surface area contributed by atoms with Crippen LogP contribution in [-0.4, -0.2) is 48.5 Å². The molecule has 0 spiro atoms. The quantitative estimate of drug-likeness (QED) is 0.233. The molecule has 0 unspecified atom stereocenters. The fourth-order valence-electron chi connectivity index (χ4n) is 1.51. The van der Waals surface area contributed by atoms with Crippen molar-refractivity contribution in [2.75, 3.05) is 0 Å². The summed E-state index contributed by atoms with van der Waals surface area (Å²) >= 11 is 0. The molecule has 3 heteroatoms. The zero-order valence-electron chi connectivity index (χ0n) is 9.75. The molecule has 0 aliphatic rings. The molecule has 0 amide bonds. The minimum Gasteiger partial charge on any atom is -0.300 e. The van der Waals surface area contributed by atoms with Gasteiger partial charge in [-0.2, -0.15) is 0 Å². The van der Waals surface area contributed by atoms with Crippen LogP contribution < -0.4 is 0 Å². The van der Waals surface area contributed by atoms with E-state index in [-0.39, 0.29) is 38.9 Å². The van der Waals surface area contributed by atoms with Crippen molar-refractivity contribution in [3.05, 3.63) is 78.2 Å². The average Bonchev–Trinajstić information content (AvgIpc) is 2.40. The number of ketones is 2. The summed E-state index contributed by atoms with van der Waals surface area (Å²) in [5, 5.41) is 0. The Morgan fingerprint density at radius 3 is 1.33 bits per heavy atom. The number of hydrogen-bond donors (Lipinski definition) is 0. The first-order valence-corrected chi connectivity index (χ1v) is 5.35. The molecule has 2 N–H and O–H groups in total. The molecule has 0 bridgehead atoms. The van der Waals surface area contributed by atoms with E-state index in [9.17, 15) is 9.59 Å². The van der Waals surface area contributed by atoms with Gasteiger partial charge in [0.1, 0.15) is 0 Å². The molecule has 18 heavy (non-hydrogen) atoms. The SMILES string of the molecule is [OH+]=C([CH-]C(=[OH+])c1ccccc1)c1ccccc1.[Pb]. The Balaban J connectivity index is 0.00000162. The molecular formula is C15H13O2Pb+. The third-order valence-electron chi connectivity index (χ3n) is 2.41. The Bertz CT molecular complexity index is 471. The van der Waals surface area contributed by atoms with E-state index in [1.807, 2.05) is 36.4 Å². The smallest absolute Gasteiger partial charge is 0.255 e. The van der Waals surface area contributed by atoms with Crippen molar-refractivity contribution in [2.24, 2.45) is 0 Å². The van der Waals surface area contributed by atoms with Gasteiger partial charge in [-0.3, -0.25) is 0 Å². The van der Waals surface area contributed by atoms with Gasteiger partial charge in [-0.05, 0) is 11.1 Å². The van der Waals surface area contributed by atoms with Crippen molar-refractivity contribution >= 4 is 38.9 Å². The van der Waals surface area contributed by atoms with Gasteiger partial charge in [0.2, 0.25) is 0 Å². The second kappa shape index (κ2) is 7.11. The summed E-state index contributed by atoms with van der Waals surface area (Å²) in [6, 6.07) is 18.2. The summed E-state index contributed by atoms with van der Waals surface area (Å²) in [4.78, 5) is 19.7. The van der Waals surface area contributed by atoms with E-state index < -0.39 is 0 Å². The minimum absolute atomic E-state index is 0. The summed E-state index contributed by atoms with van der Waals surface area (Å²) in [7, 11) is 0. The third kappa shape index (κ3) is 3.80. The maximum absolute atomic E-state index is 9.83. The Labute approximate surface area is 126 Å². The van der Waals surface area contributed by atoms with Crippen LogP contribution in [0.3, 0.4) is 0 Å². The van der Waals surface area contributed by atoms with E-state index in [1.165, 1.54) is 6.42 Å². The summed E-state index contributed by atoms with van der Waals surface area (Å²) in [5.74, 6) is 0.0962. The molecular weight excluding hydrogens is 419 g/mol. The average molecular weight is 432 g/mol. The van der Waals surface area contributed by atoms with E-state index in [4.69, 9.17) is 0 Å². The topological polar surface area (TPSA) is 42.8 Å². The molecule has 0 fully saturated rings. The van der Waals surface area contributed by atoms with Crippen LogP contribution in [0.2, 0.25) is 0 Å². The summed E-state index contributed by atoms with van der Waals surface area (Å²) in [6.45, 7) is 0. The largest absolute Gasteiger partial charge is 0.300 e. The van der Waals surface area contributed by atoms with Gasteiger partial charge in [-0.25, -0.2) is 0 Å². The van der Waals surface area contributed by atoms with Gasteiger partial charge in [0.05, 0.1) is 0 Å². The van der Waals surface area contributed by atoms with Crippen molar-refractivity contribution in [1.82, 2.24) is 0 Å². The van der Waals surface area contributed by atoms with E-state index >= 15 is 0 Å². The third-order valence-corrected chi connectivity index (χ3v) is 2.41. The molecule has 2 rings (SSSR count). The molecule has 4 radical (unpaired) electrons. The molecule has 0 heterocycles. The van der Waals surface area contributed by atoms with Crippen molar-refractivity contribution < 1.29 is 9.59 Å².